The lowest BCUT2D eigenvalue weighted by Gasteiger charge is -2.27. The van der Waals surface area contributed by atoms with Crippen LogP contribution in [0.2, 0.25) is 0 Å². The smallest absolute Gasteiger partial charge is 0.302 e. The summed E-state index contributed by atoms with van der Waals surface area (Å²) in [5.41, 5.74) is 0.161. The van der Waals surface area contributed by atoms with Crippen LogP contribution in [0.5, 0.6) is 0 Å². The number of ketones is 4. The summed E-state index contributed by atoms with van der Waals surface area (Å²) in [5.74, 6) is -3.10. The lowest BCUT2D eigenvalue weighted by molar-refractivity contribution is -0.141. The Balaban J connectivity index is 1.88. The summed E-state index contributed by atoms with van der Waals surface area (Å²) in [6, 6.07) is 12.5. The van der Waals surface area contributed by atoms with Crippen LogP contribution in [0.1, 0.15) is 68.1 Å². The molecule has 2 aromatic carbocycles. The van der Waals surface area contributed by atoms with Crippen molar-refractivity contribution in [3.63, 3.8) is 0 Å². The summed E-state index contributed by atoms with van der Waals surface area (Å²) >= 11 is 0. The minimum Gasteiger partial charge on any atom is -0.466 e. The fourth-order valence-electron chi connectivity index (χ4n) is 4.55. The van der Waals surface area contributed by atoms with Gasteiger partial charge < -0.3 is 14.8 Å². The Morgan fingerprint density at radius 2 is 1.13 bits per heavy atom. The molecule has 0 heterocycles. The van der Waals surface area contributed by atoms with E-state index in [4.69, 9.17) is 9.47 Å². The van der Waals surface area contributed by atoms with Gasteiger partial charge in [-0.1, -0.05) is 48.5 Å². The Kier molecular flexibility index (Phi) is 7.76. The van der Waals surface area contributed by atoms with Crippen LogP contribution in [0.15, 0.2) is 70.9 Å². The molecule has 9 nitrogen and oxygen atoms in total. The Bertz CT molecular complexity index is 1340. The van der Waals surface area contributed by atoms with E-state index in [1.165, 1.54) is 38.1 Å². The first-order chi connectivity index (χ1) is 18.2. The second-order valence-electron chi connectivity index (χ2n) is 8.72. The topological polar surface area (TPSA) is 133 Å². The number of allylic oxidation sites excluding steroid dienone is 4. The van der Waals surface area contributed by atoms with Crippen LogP contribution in [0.4, 0.5) is 0 Å². The van der Waals surface area contributed by atoms with Crippen molar-refractivity contribution in [2.75, 3.05) is 19.8 Å². The fraction of sp³-hybridized carbons (Fsp3) is 0.241. The molecule has 9 heteroatoms. The van der Waals surface area contributed by atoms with Crippen molar-refractivity contribution in [1.29, 1.82) is 0 Å². The van der Waals surface area contributed by atoms with E-state index in [0.717, 1.165) is 0 Å². The summed E-state index contributed by atoms with van der Waals surface area (Å²) in [4.78, 5) is 77.3. The molecule has 1 N–H and O–H groups in total. The molecule has 2 aromatic rings. The van der Waals surface area contributed by atoms with E-state index in [9.17, 15) is 28.8 Å². The number of benzene rings is 2. The van der Waals surface area contributed by atoms with E-state index < -0.39 is 35.1 Å². The van der Waals surface area contributed by atoms with Crippen LogP contribution in [-0.2, 0) is 19.1 Å². The van der Waals surface area contributed by atoms with Crippen LogP contribution in [0.25, 0.3) is 0 Å². The normalized spacial score (nSPS) is 14.8. The van der Waals surface area contributed by atoms with Crippen molar-refractivity contribution in [1.82, 2.24) is 5.32 Å². The Morgan fingerprint density at radius 1 is 0.658 bits per heavy atom. The van der Waals surface area contributed by atoms with E-state index in [2.05, 4.69) is 5.32 Å². The zero-order valence-electron chi connectivity index (χ0n) is 20.9. The van der Waals surface area contributed by atoms with Gasteiger partial charge in [-0.05, 0) is 12.8 Å². The highest BCUT2D eigenvalue weighted by molar-refractivity contribution is 6.36. The van der Waals surface area contributed by atoms with Crippen LogP contribution in [0, 0.1) is 0 Å². The lowest BCUT2D eigenvalue weighted by Crippen LogP contribution is -2.36. The van der Waals surface area contributed by atoms with Gasteiger partial charge in [0.15, 0.2) is 17.3 Å². The molecule has 194 valence electrons. The second-order valence-corrected chi connectivity index (χ2v) is 8.72. The molecule has 4 rings (SSSR count). The standard InChI is InChI=1S/C29H25NO8/c1-16(31)37-14-7-12-22-23(27(34)19-9-4-3-8-18(19)26(22)33)24-25(30-13-15-38-17(2)32)29(36)21-11-6-5-10-20(21)28(24)35/h3-6,8-11,30H,7,12-15H2,1-2H3. The predicted molar refractivity (Wildman–Crippen MR) is 135 cm³/mol. The molecule has 0 radical (unpaired) electrons. The molecule has 0 saturated carbocycles. The van der Waals surface area contributed by atoms with Crippen molar-refractivity contribution in [2.45, 2.75) is 26.7 Å². The maximum atomic E-state index is 13.9. The Labute approximate surface area is 218 Å². The number of nitrogens with one attached hydrogen (secondary N) is 1. The third-order valence-electron chi connectivity index (χ3n) is 6.18. The molecule has 0 fully saturated rings. The number of rotatable bonds is 9. The van der Waals surface area contributed by atoms with Crippen molar-refractivity contribution in [3.8, 4) is 0 Å². The zero-order chi connectivity index (χ0) is 27.4. The number of esters is 2. The maximum absolute atomic E-state index is 13.9. The molecular weight excluding hydrogens is 490 g/mol. The molecule has 2 aliphatic rings. The summed E-state index contributed by atoms with van der Waals surface area (Å²) in [7, 11) is 0. The first kappa shape index (κ1) is 26.4. The van der Waals surface area contributed by atoms with Crippen molar-refractivity contribution >= 4 is 35.1 Å². The van der Waals surface area contributed by atoms with Gasteiger partial charge in [0.05, 0.1) is 17.9 Å². The van der Waals surface area contributed by atoms with Crippen LogP contribution < -0.4 is 5.32 Å². The summed E-state index contributed by atoms with van der Waals surface area (Å²) in [6.45, 7) is 2.43. The van der Waals surface area contributed by atoms with Gasteiger partial charge in [-0.3, -0.25) is 28.8 Å². The monoisotopic (exact) mass is 515 g/mol. The molecule has 0 atom stereocenters. The zero-order valence-corrected chi connectivity index (χ0v) is 20.9. The minimum absolute atomic E-state index is 0.00656. The van der Waals surface area contributed by atoms with Gasteiger partial charge in [0.2, 0.25) is 5.78 Å². The SMILES string of the molecule is CC(=O)OCCCC1=C(C2=C(NCCOC(C)=O)C(=O)c3ccccc3C2=O)C(=O)c2ccccc2C1=O. The molecule has 0 amide bonds. The lowest BCUT2D eigenvalue weighted by atomic mass is 9.74. The van der Waals surface area contributed by atoms with Crippen molar-refractivity contribution in [3.05, 3.63) is 93.2 Å². The average molecular weight is 516 g/mol. The van der Waals surface area contributed by atoms with E-state index in [0.29, 0.717) is 0 Å². The highest BCUT2D eigenvalue weighted by Crippen LogP contribution is 2.37. The highest BCUT2D eigenvalue weighted by atomic mass is 16.5. The fourth-order valence-corrected chi connectivity index (χ4v) is 4.55. The van der Waals surface area contributed by atoms with Gasteiger partial charge in [-0.25, -0.2) is 0 Å². The molecule has 0 aliphatic heterocycles. The van der Waals surface area contributed by atoms with E-state index in [1.54, 1.807) is 24.3 Å². The molecule has 0 aromatic heterocycles. The molecule has 2 aliphatic carbocycles. The number of hydrogen-bond acceptors (Lipinski definition) is 9. The van der Waals surface area contributed by atoms with Crippen LogP contribution in [0.3, 0.4) is 0 Å². The largest absolute Gasteiger partial charge is 0.466 e. The van der Waals surface area contributed by atoms with Gasteiger partial charge in [0, 0.05) is 53.8 Å². The third kappa shape index (κ3) is 5.08. The van der Waals surface area contributed by atoms with Gasteiger partial charge in [-0.15, -0.1) is 0 Å². The number of hydrogen-bond donors (Lipinski definition) is 1. The number of carbonyl (C=O) groups excluding carboxylic acids is 6. The molecule has 0 bridgehead atoms. The first-order valence-electron chi connectivity index (χ1n) is 12.1. The highest BCUT2D eigenvalue weighted by Gasteiger charge is 2.41. The molecule has 38 heavy (non-hydrogen) atoms. The Morgan fingerprint density at radius 3 is 1.68 bits per heavy atom. The van der Waals surface area contributed by atoms with Gasteiger partial charge >= 0.3 is 11.9 Å². The Hall–Kier alpha value is -4.66. The molecule has 0 unspecified atom stereocenters. The summed E-state index contributed by atoms with van der Waals surface area (Å²) in [6.07, 6.45) is 0.260. The molecule has 0 saturated heterocycles. The van der Waals surface area contributed by atoms with Crippen molar-refractivity contribution in [2.24, 2.45) is 0 Å². The molecular formula is C29H25NO8. The summed E-state index contributed by atoms with van der Waals surface area (Å²) in [5, 5.41) is 2.87. The predicted octanol–water partition coefficient (Wildman–Crippen LogP) is 3.19. The first-order valence-corrected chi connectivity index (χ1v) is 12.1. The van der Waals surface area contributed by atoms with Gasteiger partial charge in [0.1, 0.15) is 6.61 Å². The van der Waals surface area contributed by atoms with Gasteiger partial charge in [-0.2, -0.15) is 0 Å². The van der Waals surface area contributed by atoms with E-state index in [-0.39, 0.29) is 77.3 Å². The van der Waals surface area contributed by atoms with Crippen LogP contribution >= 0.6 is 0 Å². The van der Waals surface area contributed by atoms with Gasteiger partial charge in [0.25, 0.3) is 0 Å². The van der Waals surface area contributed by atoms with Crippen LogP contribution in [-0.4, -0.2) is 54.8 Å². The number of fused-ring (bicyclic) bond motifs is 2. The third-order valence-corrected chi connectivity index (χ3v) is 6.18. The van der Waals surface area contributed by atoms with Crippen molar-refractivity contribution < 1.29 is 38.2 Å². The maximum Gasteiger partial charge on any atom is 0.302 e. The second kappa shape index (κ2) is 11.2. The van der Waals surface area contributed by atoms with E-state index in [1.807, 2.05) is 0 Å². The number of Topliss-reactive ketones (excluding diaryl/α,β-unsaturated/α-hetero) is 4. The quantitative estimate of drug-likeness (QED) is 0.395. The average Bonchev–Trinajstić information content (AvgIpc) is 2.90. The number of ether oxygens (including phenoxy) is 2. The number of carbonyl (C=O) groups is 6. The van der Waals surface area contributed by atoms with E-state index >= 15 is 0 Å². The molecule has 0 spiro atoms. The summed E-state index contributed by atoms with van der Waals surface area (Å²) < 4.78 is 9.93. The minimum atomic E-state index is -0.580.